The molecular formula is C13H22N4O3. The van der Waals surface area contributed by atoms with E-state index in [0.717, 1.165) is 5.56 Å². The van der Waals surface area contributed by atoms with Crippen LogP contribution in [0.4, 0.5) is 4.79 Å². The fourth-order valence-electron chi connectivity index (χ4n) is 1.66. The highest BCUT2D eigenvalue weighted by Gasteiger charge is 2.31. The number of carboxylic acid groups (broad SMARTS) is 1. The van der Waals surface area contributed by atoms with Gasteiger partial charge in [0.15, 0.2) is 0 Å². The maximum atomic E-state index is 11.9. The Bertz CT molecular complexity index is 486. The molecule has 1 rings (SSSR count). The second-order valence-corrected chi connectivity index (χ2v) is 5.26. The Morgan fingerprint density at radius 1 is 1.55 bits per heavy atom. The van der Waals surface area contributed by atoms with Gasteiger partial charge in [0, 0.05) is 32.4 Å². The van der Waals surface area contributed by atoms with Crippen molar-refractivity contribution < 1.29 is 14.7 Å². The Labute approximate surface area is 118 Å². The first-order valence-corrected chi connectivity index (χ1v) is 6.48. The van der Waals surface area contributed by atoms with E-state index in [4.69, 9.17) is 5.11 Å². The second-order valence-electron chi connectivity index (χ2n) is 5.26. The summed E-state index contributed by atoms with van der Waals surface area (Å²) in [4.78, 5) is 24.6. The molecule has 0 spiro atoms. The molecule has 0 aromatic carbocycles. The molecule has 0 fully saturated rings. The lowest BCUT2D eigenvalue weighted by molar-refractivity contribution is -0.147. The zero-order valence-electron chi connectivity index (χ0n) is 12.4. The molecular weight excluding hydrogens is 260 g/mol. The van der Waals surface area contributed by atoms with Gasteiger partial charge < -0.3 is 15.3 Å². The first-order chi connectivity index (χ1) is 9.28. The zero-order chi connectivity index (χ0) is 15.3. The standard InChI is InChI=1S/C13H22N4O3/c1-5-13(2,11(18)19)9-14-12(20)16(3)7-10-6-15-17(4)8-10/h6,8H,5,7,9H2,1-4H3,(H,14,20)(H,18,19). The predicted molar refractivity (Wildman–Crippen MR) is 74.1 cm³/mol. The number of hydrogen-bond donors (Lipinski definition) is 2. The van der Waals surface area contributed by atoms with Crippen LogP contribution in [0.5, 0.6) is 0 Å². The monoisotopic (exact) mass is 282 g/mol. The highest BCUT2D eigenvalue weighted by atomic mass is 16.4. The number of aryl methyl sites for hydroxylation is 1. The Morgan fingerprint density at radius 3 is 2.65 bits per heavy atom. The van der Waals surface area contributed by atoms with E-state index in [1.807, 2.05) is 13.2 Å². The molecule has 7 nitrogen and oxygen atoms in total. The average Bonchev–Trinajstić information content (AvgIpc) is 2.80. The normalized spacial score (nSPS) is 13.6. The van der Waals surface area contributed by atoms with Gasteiger partial charge in [0.25, 0.3) is 0 Å². The van der Waals surface area contributed by atoms with Gasteiger partial charge >= 0.3 is 12.0 Å². The van der Waals surface area contributed by atoms with Crippen molar-refractivity contribution in [1.82, 2.24) is 20.0 Å². The molecule has 0 bridgehead atoms. The molecule has 0 saturated carbocycles. The number of carbonyl (C=O) groups is 2. The Balaban J connectivity index is 2.52. The fourth-order valence-corrected chi connectivity index (χ4v) is 1.66. The van der Waals surface area contributed by atoms with Gasteiger partial charge in [0.2, 0.25) is 0 Å². The minimum absolute atomic E-state index is 0.106. The SMILES string of the molecule is CCC(C)(CNC(=O)N(C)Cc1cnn(C)c1)C(=O)O. The van der Waals surface area contributed by atoms with Crippen LogP contribution in [0.2, 0.25) is 0 Å². The third-order valence-electron chi connectivity index (χ3n) is 3.45. The van der Waals surface area contributed by atoms with Crippen LogP contribution in [0, 0.1) is 5.41 Å². The van der Waals surface area contributed by atoms with Crippen LogP contribution in [0.1, 0.15) is 25.8 Å². The van der Waals surface area contributed by atoms with Crippen molar-refractivity contribution in [3.8, 4) is 0 Å². The van der Waals surface area contributed by atoms with Crippen LogP contribution in [0.3, 0.4) is 0 Å². The van der Waals surface area contributed by atoms with Crippen molar-refractivity contribution >= 4 is 12.0 Å². The molecule has 0 aliphatic rings. The van der Waals surface area contributed by atoms with Gasteiger partial charge in [-0.05, 0) is 13.3 Å². The van der Waals surface area contributed by atoms with Gasteiger partial charge in [-0.2, -0.15) is 5.10 Å². The molecule has 0 aliphatic carbocycles. The minimum atomic E-state index is -0.940. The highest BCUT2D eigenvalue weighted by molar-refractivity contribution is 5.77. The molecule has 1 aromatic rings. The van der Waals surface area contributed by atoms with E-state index >= 15 is 0 Å². The summed E-state index contributed by atoms with van der Waals surface area (Å²) in [5, 5.41) is 15.8. The third kappa shape index (κ3) is 3.97. The van der Waals surface area contributed by atoms with E-state index in [1.54, 1.807) is 31.8 Å². The Morgan fingerprint density at radius 2 is 2.20 bits per heavy atom. The van der Waals surface area contributed by atoms with Gasteiger partial charge in [0.05, 0.1) is 18.2 Å². The molecule has 112 valence electrons. The highest BCUT2D eigenvalue weighted by Crippen LogP contribution is 2.19. The molecule has 1 atom stereocenters. The summed E-state index contributed by atoms with van der Waals surface area (Å²) in [5.74, 6) is -0.907. The molecule has 20 heavy (non-hydrogen) atoms. The van der Waals surface area contributed by atoms with E-state index in [-0.39, 0.29) is 12.6 Å². The summed E-state index contributed by atoms with van der Waals surface area (Å²) in [5.41, 5.74) is -0.0215. The lowest BCUT2D eigenvalue weighted by atomic mass is 9.88. The number of aliphatic carboxylic acids is 1. The van der Waals surface area contributed by atoms with Crippen molar-refractivity contribution in [2.75, 3.05) is 13.6 Å². The van der Waals surface area contributed by atoms with Crippen molar-refractivity contribution in [3.63, 3.8) is 0 Å². The Kier molecular flexibility index (Phi) is 5.12. The molecule has 1 aromatic heterocycles. The number of carbonyl (C=O) groups excluding carboxylic acids is 1. The van der Waals surface area contributed by atoms with E-state index in [9.17, 15) is 9.59 Å². The largest absolute Gasteiger partial charge is 0.481 e. The predicted octanol–water partition coefficient (Wildman–Crippen LogP) is 1.06. The number of aromatic nitrogens is 2. The topological polar surface area (TPSA) is 87.5 Å². The molecule has 7 heteroatoms. The van der Waals surface area contributed by atoms with Gasteiger partial charge in [0.1, 0.15) is 0 Å². The van der Waals surface area contributed by atoms with Crippen molar-refractivity contribution in [3.05, 3.63) is 18.0 Å². The molecule has 2 amide bonds. The summed E-state index contributed by atoms with van der Waals surface area (Å²) < 4.78 is 1.67. The molecule has 0 aliphatic heterocycles. The van der Waals surface area contributed by atoms with Crippen LogP contribution in [0.25, 0.3) is 0 Å². The summed E-state index contributed by atoms with van der Waals surface area (Å²) in [7, 11) is 3.47. The first kappa shape index (κ1) is 16.0. The van der Waals surface area contributed by atoms with E-state index < -0.39 is 11.4 Å². The molecule has 1 heterocycles. The van der Waals surface area contributed by atoms with Crippen LogP contribution in [-0.2, 0) is 18.4 Å². The second kappa shape index (κ2) is 6.40. The zero-order valence-corrected chi connectivity index (χ0v) is 12.4. The van der Waals surface area contributed by atoms with Gasteiger partial charge in [-0.1, -0.05) is 6.92 Å². The first-order valence-electron chi connectivity index (χ1n) is 6.48. The lowest BCUT2D eigenvalue weighted by Gasteiger charge is -2.25. The number of amides is 2. The van der Waals surface area contributed by atoms with Crippen LogP contribution in [0.15, 0.2) is 12.4 Å². The van der Waals surface area contributed by atoms with E-state index in [2.05, 4.69) is 10.4 Å². The molecule has 2 N–H and O–H groups in total. The summed E-state index contributed by atoms with van der Waals surface area (Å²) in [6, 6.07) is -0.297. The number of nitrogens with one attached hydrogen (secondary N) is 1. The van der Waals surface area contributed by atoms with Crippen molar-refractivity contribution in [2.24, 2.45) is 12.5 Å². The van der Waals surface area contributed by atoms with Gasteiger partial charge in [-0.3, -0.25) is 9.48 Å². The fraction of sp³-hybridized carbons (Fsp3) is 0.615. The Hall–Kier alpha value is -2.05. The smallest absolute Gasteiger partial charge is 0.317 e. The number of carboxylic acids is 1. The number of urea groups is 1. The van der Waals surface area contributed by atoms with Crippen LogP contribution >= 0.6 is 0 Å². The number of hydrogen-bond acceptors (Lipinski definition) is 3. The third-order valence-corrected chi connectivity index (χ3v) is 3.45. The van der Waals surface area contributed by atoms with Gasteiger partial charge in [-0.25, -0.2) is 4.79 Å². The van der Waals surface area contributed by atoms with Crippen LogP contribution < -0.4 is 5.32 Å². The van der Waals surface area contributed by atoms with E-state index in [0.29, 0.717) is 13.0 Å². The lowest BCUT2D eigenvalue weighted by Crippen LogP contribution is -2.45. The number of rotatable bonds is 6. The van der Waals surface area contributed by atoms with E-state index in [1.165, 1.54) is 4.90 Å². The van der Waals surface area contributed by atoms with Gasteiger partial charge in [-0.15, -0.1) is 0 Å². The molecule has 1 unspecified atom stereocenters. The van der Waals surface area contributed by atoms with Crippen LogP contribution in [-0.4, -0.2) is 45.4 Å². The maximum Gasteiger partial charge on any atom is 0.317 e. The average molecular weight is 282 g/mol. The molecule has 0 saturated heterocycles. The molecule has 0 radical (unpaired) electrons. The quantitative estimate of drug-likeness (QED) is 0.816. The maximum absolute atomic E-state index is 11.9. The minimum Gasteiger partial charge on any atom is -0.481 e. The summed E-state index contributed by atoms with van der Waals surface area (Å²) in [6.45, 7) is 3.95. The van der Waals surface area contributed by atoms with Crippen molar-refractivity contribution in [2.45, 2.75) is 26.8 Å². The summed E-state index contributed by atoms with van der Waals surface area (Å²) in [6.07, 6.45) is 3.98. The van der Waals surface area contributed by atoms with Crippen molar-refractivity contribution in [1.29, 1.82) is 0 Å². The number of nitrogens with zero attached hydrogens (tertiary/aromatic N) is 3. The summed E-state index contributed by atoms with van der Waals surface area (Å²) >= 11 is 0.